The lowest BCUT2D eigenvalue weighted by atomic mass is 10.0. The predicted molar refractivity (Wildman–Crippen MR) is 98.7 cm³/mol. The van der Waals surface area contributed by atoms with Gasteiger partial charge in [0.25, 0.3) is 0 Å². The minimum absolute atomic E-state index is 0.0289. The lowest BCUT2D eigenvalue weighted by Gasteiger charge is -2.38. The van der Waals surface area contributed by atoms with Crippen molar-refractivity contribution in [1.82, 2.24) is 9.62 Å². The molecule has 0 spiro atoms. The lowest BCUT2D eigenvalue weighted by molar-refractivity contribution is 0.267. The van der Waals surface area contributed by atoms with Crippen LogP contribution in [0.2, 0.25) is 0 Å². The van der Waals surface area contributed by atoms with Crippen LogP contribution >= 0.6 is 0 Å². The first kappa shape index (κ1) is 18.8. The van der Waals surface area contributed by atoms with Crippen molar-refractivity contribution in [3.05, 3.63) is 35.4 Å². The number of rotatable bonds is 4. The van der Waals surface area contributed by atoms with E-state index in [9.17, 15) is 16.8 Å². The molecule has 1 atom stereocenters. The third kappa shape index (κ3) is 4.07. The fourth-order valence-corrected chi connectivity index (χ4v) is 7.51. The Kier molecular flexibility index (Phi) is 5.53. The Hall–Kier alpha value is -0.960. The second kappa shape index (κ2) is 7.34. The summed E-state index contributed by atoms with van der Waals surface area (Å²) in [4.78, 5) is 0. The van der Waals surface area contributed by atoms with Crippen LogP contribution in [0.15, 0.2) is 24.3 Å². The van der Waals surface area contributed by atoms with Crippen LogP contribution in [-0.4, -0.2) is 57.5 Å². The summed E-state index contributed by atoms with van der Waals surface area (Å²) in [6.45, 7) is 3.71. The zero-order valence-electron chi connectivity index (χ0n) is 14.5. The first-order valence-electron chi connectivity index (χ1n) is 8.84. The van der Waals surface area contributed by atoms with Gasteiger partial charge in [0.05, 0.1) is 22.8 Å². The van der Waals surface area contributed by atoms with Gasteiger partial charge in [-0.1, -0.05) is 31.2 Å². The van der Waals surface area contributed by atoms with Crippen molar-refractivity contribution in [2.24, 2.45) is 0 Å². The van der Waals surface area contributed by atoms with Crippen LogP contribution in [0, 0.1) is 0 Å². The quantitative estimate of drug-likeness (QED) is 0.838. The SMILES string of the molecule is CCc1ccc(C2CNCCN2S(=O)(=O)C2CCS(=O)(=O)CC2)cc1. The molecule has 2 aliphatic rings. The van der Waals surface area contributed by atoms with Crippen molar-refractivity contribution in [2.45, 2.75) is 37.5 Å². The van der Waals surface area contributed by atoms with E-state index < -0.39 is 25.1 Å². The highest BCUT2D eigenvalue weighted by molar-refractivity contribution is 7.92. The Morgan fingerprint density at radius 3 is 2.40 bits per heavy atom. The molecule has 1 aromatic carbocycles. The van der Waals surface area contributed by atoms with Gasteiger partial charge in [0.1, 0.15) is 9.84 Å². The van der Waals surface area contributed by atoms with E-state index in [4.69, 9.17) is 0 Å². The molecule has 8 heteroatoms. The van der Waals surface area contributed by atoms with E-state index in [-0.39, 0.29) is 30.4 Å². The number of sulfone groups is 1. The molecule has 0 aliphatic carbocycles. The molecule has 1 N–H and O–H groups in total. The van der Waals surface area contributed by atoms with Crippen LogP contribution in [-0.2, 0) is 26.3 Å². The Morgan fingerprint density at radius 1 is 1.16 bits per heavy atom. The van der Waals surface area contributed by atoms with E-state index in [1.807, 2.05) is 24.3 Å². The first-order chi connectivity index (χ1) is 11.8. The number of hydrogen-bond acceptors (Lipinski definition) is 5. The summed E-state index contributed by atoms with van der Waals surface area (Å²) in [5.41, 5.74) is 2.20. The monoisotopic (exact) mass is 386 g/mol. The Morgan fingerprint density at radius 2 is 1.80 bits per heavy atom. The van der Waals surface area contributed by atoms with Gasteiger partial charge in [-0.2, -0.15) is 4.31 Å². The molecule has 2 fully saturated rings. The number of benzene rings is 1. The Balaban J connectivity index is 1.84. The maximum atomic E-state index is 13.2. The van der Waals surface area contributed by atoms with Gasteiger partial charge in [-0.05, 0) is 30.4 Å². The summed E-state index contributed by atoms with van der Waals surface area (Å²) in [5.74, 6) is -0.0578. The van der Waals surface area contributed by atoms with Crippen molar-refractivity contribution in [3.8, 4) is 0 Å². The van der Waals surface area contributed by atoms with E-state index in [2.05, 4.69) is 12.2 Å². The van der Waals surface area contributed by atoms with Gasteiger partial charge in [0.2, 0.25) is 10.0 Å². The van der Waals surface area contributed by atoms with Gasteiger partial charge < -0.3 is 5.32 Å². The van der Waals surface area contributed by atoms with E-state index in [1.165, 1.54) is 5.56 Å². The molecule has 6 nitrogen and oxygen atoms in total. The molecular weight excluding hydrogens is 360 g/mol. The highest BCUT2D eigenvalue weighted by atomic mass is 32.2. The third-order valence-electron chi connectivity index (χ3n) is 5.22. The van der Waals surface area contributed by atoms with Crippen LogP contribution in [0.5, 0.6) is 0 Å². The smallest absolute Gasteiger partial charge is 0.217 e. The molecule has 0 bridgehead atoms. The molecule has 140 valence electrons. The number of nitrogens with one attached hydrogen (secondary N) is 1. The van der Waals surface area contributed by atoms with E-state index in [0.717, 1.165) is 12.0 Å². The summed E-state index contributed by atoms with van der Waals surface area (Å²) in [7, 11) is -6.59. The number of hydrogen-bond donors (Lipinski definition) is 1. The zero-order valence-corrected chi connectivity index (χ0v) is 16.2. The molecular formula is C17H26N2O4S2. The molecule has 0 aromatic heterocycles. The van der Waals surface area contributed by atoms with E-state index in [1.54, 1.807) is 4.31 Å². The van der Waals surface area contributed by atoms with Crippen LogP contribution in [0.4, 0.5) is 0 Å². The Bertz CT molecular complexity index is 790. The summed E-state index contributed by atoms with van der Waals surface area (Å²) in [6.07, 6.45) is 1.36. The van der Waals surface area contributed by atoms with Gasteiger partial charge in [0.15, 0.2) is 0 Å². The van der Waals surface area contributed by atoms with Crippen molar-refractivity contribution in [2.75, 3.05) is 31.1 Å². The first-order valence-corrected chi connectivity index (χ1v) is 12.2. The molecule has 25 heavy (non-hydrogen) atoms. The minimum atomic E-state index is -3.52. The van der Waals surface area contributed by atoms with E-state index >= 15 is 0 Å². The lowest BCUT2D eigenvalue weighted by Crippen LogP contribution is -2.52. The van der Waals surface area contributed by atoms with Gasteiger partial charge >= 0.3 is 0 Å². The zero-order chi connectivity index (χ0) is 18.1. The standard InChI is InChI=1S/C17H26N2O4S2/c1-2-14-3-5-15(6-4-14)17-13-18-9-10-19(17)25(22,23)16-7-11-24(20,21)12-8-16/h3-6,16-18H,2,7-13H2,1H3. The average Bonchev–Trinajstić information content (AvgIpc) is 2.61. The highest BCUT2D eigenvalue weighted by Gasteiger charge is 2.40. The van der Waals surface area contributed by atoms with E-state index in [0.29, 0.717) is 19.6 Å². The Labute approximate surface area is 150 Å². The molecule has 1 unspecified atom stereocenters. The number of aryl methyl sites for hydroxylation is 1. The normalized spacial score (nSPS) is 25.7. The molecule has 0 amide bonds. The number of sulfonamides is 1. The molecule has 1 aromatic rings. The van der Waals surface area contributed by atoms with Gasteiger partial charge in [-0.25, -0.2) is 16.8 Å². The topological polar surface area (TPSA) is 83.6 Å². The van der Waals surface area contributed by atoms with Crippen LogP contribution in [0.3, 0.4) is 0 Å². The average molecular weight is 387 g/mol. The molecule has 0 radical (unpaired) electrons. The molecule has 2 aliphatic heterocycles. The second-order valence-corrected chi connectivity index (χ2v) is 11.3. The minimum Gasteiger partial charge on any atom is -0.313 e. The van der Waals surface area contributed by atoms with Crippen molar-refractivity contribution in [1.29, 1.82) is 0 Å². The summed E-state index contributed by atoms with van der Waals surface area (Å²) in [6, 6.07) is 7.86. The molecule has 2 saturated heterocycles. The number of nitrogens with zero attached hydrogens (tertiary/aromatic N) is 1. The number of piperazine rings is 1. The maximum Gasteiger partial charge on any atom is 0.217 e. The summed E-state index contributed by atoms with van der Waals surface area (Å²) < 4.78 is 51.2. The van der Waals surface area contributed by atoms with Crippen molar-refractivity contribution >= 4 is 19.9 Å². The summed E-state index contributed by atoms with van der Waals surface area (Å²) >= 11 is 0. The van der Waals surface area contributed by atoms with Crippen molar-refractivity contribution in [3.63, 3.8) is 0 Å². The van der Waals surface area contributed by atoms with Crippen LogP contribution in [0.1, 0.15) is 36.9 Å². The fourth-order valence-electron chi connectivity index (χ4n) is 3.61. The highest BCUT2D eigenvalue weighted by Crippen LogP contribution is 2.31. The van der Waals surface area contributed by atoms with Crippen LogP contribution < -0.4 is 5.32 Å². The molecule has 3 rings (SSSR count). The second-order valence-electron chi connectivity index (χ2n) is 6.82. The van der Waals surface area contributed by atoms with Crippen molar-refractivity contribution < 1.29 is 16.8 Å². The third-order valence-corrected chi connectivity index (χ3v) is 9.34. The molecule has 2 heterocycles. The fraction of sp³-hybridized carbons (Fsp3) is 0.647. The maximum absolute atomic E-state index is 13.2. The van der Waals surface area contributed by atoms with Gasteiger partial charge in [-0.15, -0.1) is 0 Å². The van der Waals surface area contributed by atoms with Crippen LogP contribution in [0.25, 0.3) is 0 Å². The molecule has 0 saturated carbocycles. The predicted octanol–water partition coefficient (Wildman–Crippen LogP) is 1.10. The van der Waals surface area contributed by atoms with Gasteiger partial charge in [0, 0.05) is 19.6 Å². The summed E-state index contributed by atoms with van der Waals surface area (Å²) in [5, 5.41) is 2.69. The largest absolute Gasteiger partial charge is 0.313 e. The van der Waals surface area contributed by atoms with Gasteiger partial charge in [-0.3, -0.25) is 0 Å².